The monoisotopic (exact) mass is 421 g/mol. The molecule has 1 aliphatic heterocycles. The lowest BCUT2D eigenvalue weighted by Gasteiger charge is -2.13. The fourth-order valence-electron chi connectivity index (χ4n) is 4.15. The Balaban J connectivity index is 1.34. The molecule has 0 radical (unpaired) electrons. The summed E-state index contributed by atoms with van der Waals surface area (Å²) in [4.78, 5) is 17.1. The lowest BCUT2D eigenvalue weighted by atomic mass is 10.1. The maximum atomic E-state index is 12.3. The Morgan fingerprint density at radius 3 is 2.77 bits per heavy atom. The third-order valence-corrected chi connectivity index (χ3v) is 5.62. The highest BCUT2D eigenvalue weighted by atomic mass is 16.5. The highest BCUT2D eigenvalue weighted by Crippen LogP contribution is 2.19. The smallest absolute Gasteiger partial charge is 0.249 e. The van der Waals surface area contributed by atoms with Gasteiger partial charge in [0.1, 0.15) is 17.7 Å². The summed E-state index contributed by atoms with van der Waals surface area (Å²) in [6, 6.07) is 14.4. The third-order valence-electron chi connectivity index (χ3n) is 5.62. The zero-order valence-corrected chi connectivity index (χ0v) is 18.4. The van der Waals surface area contributed by atoms with Gasteiger partial charge in [0, 0.05) is 13.2 Å². The summed E-state index contributed by atoms with van der Waals surface area (Å²) in [7, 11) is 0. The van der Waals surface area contributed by atoms with Crippen molar-refractivity contribution in [3.8, 4) is 5.75 Å². The van der Waals surface area contributed by atoms with E-state index < -0.39 is 0 Å². The SMILES string of the molecule is Cc1cc(C)cc(OCCCCn2c(CNC(=O)C3CCCO3)nc3ccccc32)c1. The molecule has 1 amide bonds. The lowest BCUT2D eigenvalue weighted by Crippen LogP contribution is -2.34. The van der Waals surface area contributed by atoms with E-state index in [-0.39, 0.29) is 12.0 Å². The van der Waals surface area contributed by atoms with Gasteiger partial charge in [-0.05, 0) is 74.9 Å². The molecule has 1 aromatic heterocycles. The number of amides is 1. The number of para-hydroxylation sites is 2. The van der Waals surface area contributed by atoms with E-state index in [1.54, 1.807) is 0 Å². The highest BCUT2D eigenvalue weighted by molar-refractivity contribution is 5.81. The van der Waals surface area contributed by atoms with E-state index in [2.05, 4.69) is 48.0 Å². The number of unbranched alkanes of at least 4 members (excludes halogenated alkanes) is 1. The summed E-state index contributed by atoms with van der Waals surface area (Å²) in [6.45, 7) is 6.77. The summed E-state index contributed by atoms with van der Waals surface area (Å²) in [5.41, 5.74) is 4.48. The molecular weight excluding hydrogens is 390 g/mol. The molecule has 31 heavy (non-hydrogen) atoms. The minimum absolute atomic E-state index is 0.0436. The van der Waals surface area contributed by atoms with Crippen LogP contribution in [0.1, 0.15) is 42.6 Å². The molecule has 1 saturated heterocycles. The Hall–Kier alpha value is -2.86. The summed E-state index contributed by atoms with van der Waals surface area (Å²) in [5.74, 6) is 1.77. The zero-order chi connectivity index (χ0) is 21.6. The molecule has 3 aromatic rings. The Morgan fingerprint density at radius 2 is 2.00 bits per heavy atom. The molecule has 0 saturated carbocycles. The number of nitrogens with one attached hydrogen (secondary N) is 1. The van der Waals surface area contributed by atoms with E-state index in [1.165, 1.54) is 11.1 Å². The first-order chi connectivity index (χ1) is 15.1. The molecule has 1 unspecified atom stereocenters. The normalized spacial score (nSPS) is 16.0. The number of carbonyl (C=O) groups excluding carboxylic acids is 1. The van der Waals surface area contributed by atoms with Crippen molar-refractivity contribution < 1.29 is 14.3 Å². The summed E-state index contributed by atoms with van der Waals surface area (Å²) in [5, 5.41) is 3.00. The van der Waals surface area contributed by atoms with Crippen LogP contribution >= 0.6 is 0 Å². The second-order valence-corrected chi connectivity index (χ2v) is 8.27. The van der Waals surface area contributed by atoms with Crippen molar-refractivity contribution >= 4 is 16.9 Å². The second-order valence-electron chi connectivity index (χ2n) is 8.27. The molecule has 0 spiro atoms. The first-order valence-electron chi connectivity index (χ1n) is 11.1. The van der Waals surface area contributed by atoms with Gasteiger partial charge in [-0.25, -0.2) is 4.98 Å². The van der Waals surface area contributed by atoms with E-state index in [0.717, 1.165) is 54.8 Å². The maximum Gasteiger partial charge on any atom is 0.249 e. The highest BCUT2D eigenvalue weighted by Gasteiger charge is 2.23. The average Bonchev–Trinajstić information content (AvgIpc) is 3.39. The standard InChI is InChI=1S/C25H31N3O3/c1-18-14-19(2)16-20(15-18)30-12-6-5-11-28-22-9-4-3-8-21(22)27-24(28)17-26-25(29)23-10-7-13-31-23/h3-4,8-9,14-16,23H,5-7,10-13,17H2,1-2H3,(H,26,29). The first kappa shape index (κ1) is 21.4. The number of aromatic nitrogens is 2. The molecule has 1 atom stereocenters. The third kappa shape index (κ3) is 5.44. The topological polar surface area (TPSA) is 65.4 Å². The van der Waals surface area contributed by atoms with Crippen molar-refractivity contribution in [1.29, 1.82) is 0 Å². The van der Waals surface area contributed by atoms with Crippen LogP contribution in [0.5, 0.6) is 5.75 Å². The van der Waals surface area contributed by atoms with Crippen LogP contribution < -0.4 is 10.1 Å². The van der Waals surface area contributed by atoms with Crippen molar-refractivity contribution in [2.75, 3.05) is 13.2 Å². The molecule has 4 rings (SSSR count). The van der Waals surface area contributed by atoms with Gasteiger partial charge in [-0.15, -0.1) is 0 Å². The Bertz CT molecular complexity index is 1020. The van der Waals surface area contributed by atoms with Crippen molar-refractivity contribution in [2.45, 2.75) is 58.7 Å². The fraction of sp³-hybridized carbons (Fsp3) is 0.440. The molecule has 6 heteroatoms. The summed E-state index contributed by atoms with van der Waals surface area (Å²) < 4.78 is 13.6. The van der Waals surface area contributed by atoms with Crippen LogP contribution in [0, 0.1) is 13.8 Å². The minimum atomic E-state index is -0.319. The van der Waals surface area contributed by atoms with Gasteiger partial charge in [0.15, 0.2) is 0 Å². The summed E-state index contributed by atoms with van der Waals surface area (Å²) in [6.07, 6.45) is 3.34. The quantitative estimate of drug-likeness (QED) is 0.523. The van der Waals surface area contributed by atoms with Crippen LogP contribution in [-0.2, 0) is 22.6 Å². The molecule has 1 aliphatic rings. The number of rotatable bonds is 9. The van der Waals surface area contributed by atoms with Gasteiger partial charge in [0.05, 0.1) is 24.2 Å². The Labute approximate surface area is 183 Å². The van der Waals surface area contributed by atoms with Gasteiger partial charge in [-0.1, -0.05) is 18.2 Å². The maximum absolute atomic E-state index is 12.3. The Morgan fingerprint density at radius 1 is 1.19 bits per heavy atom. The van der Waals surface area contributed by atoms with Gasteiger partial charge in [-0.3, -0.25) is 4.79 Å². The first-order valence-corrected chi connectivity index (χ1v) is 11.1. The van der Waals surface area contributed by atoms with E-state index in [1.807, 2.05) is 18.2 Å². The molecule has 0 bridgehead atoms. The van der Waals surface area contributed by atoms with Crippen LogP contribution in [0.15, 0.2) is 42.5 Å². The number of aryl methyl sites for hydroxylation is 3. The number of fused-ring (bicyclic) bond motifs is 1. The van der Waals surface area contributed by atoms with Crippen molar-refractivity contribution in [1.82, 2.24) is 14.9 Å². The number of hydrogen-bond donors (Lipinski definition) is 1. The van der Waals surface area contributed by atoms with Crippen molar-refractivity contribution in [3.63, 3.8) is 0 Å². The predicted octanol–water partition coefficient (Wildman–Crippen LogP) is 4.31. The van der Waals surface area contributed by atoms with Gasteiger partial charge in [0.25, 0.3) is 0 Å². The number of nitrogens with zero attached hydrogens (tertiary/aromatic N) is 2. The van der Waals surface area contributed by atoms with Crippen LogP contribution in [-0.4, -0.2) is 34.8 Å². The number of ether oxygens (including phenoxy) is 2. The van der Waals surface area contributed by atoms with Crippen LogP contribution in [0.2, 0.25) is 0 Å². The van der Waals surface area contributed by atoms with Crippen molar-refractivity contribution in [3.05, 3.63) is 59.4 Å². The van der Waals surface area contributed by atoms with Crippen LogP contribution in [0.25, 0.3) is 11.0 Å². The number of imidazole rings is 1. The zero-order valence-electron chi connectivity index (χ0n) is 18.4. The van der Waals surface area contributed by atoms with E-state index >= 15 is 0 Å². The van der Waals surface area contributed by atoms with Gasteiger partial charge < -0.3 is 19.4 Å². The number of benzene rings is 2. The molecule has 1 fully saturated rings. The molecule has 6 nitrogen and oxygen atoms in total. The van der Waals surface area contributed by atoms with Crippen LogP contribution in [0.3, 0.4) is 0 Å². The fourth-order valence-corrected chi connectivity index (χ4v) is 4.15. The Kier molecular flexibility index (Phi) is 6.87. The van der Waals surface area contributed by atoms with Crippen LogP contribution in [0.4, 0.5) is 0 Å². The minimum Gasteiger partial charge on any atom is -0.494 e. The predicted molar refractivity (Wildman–Crippen MR) is 121 cm³/mol. The van der Waals surface area contributed by atoms with E-state index in [0.29, 0.717) is 19.8 Å². The molecule has 0 aliphatic carbocycles. The lowest BCUT2D eigenvalue weighted by molar-refractivity contribution is -0.130. The number of hydrogen-bond acceptors (Lipinski definition) is 4. The number of carbonyl (C=O) groups is 1. The molecule has 2 aromatic carbocycles. The van der Waals surface area contributed by atoms with Crippen molar-refractivity contribution in [2.24, 2.45) is 0 Å². The van der Waals surface area contributed by atoms with E-state index in [4.69, 9.17) is 14.5 Å². The molecule has 164 valence electrons. The van der Waals surface area contributed by atoms with Gasteiger partial charge in [0.2, 0.25) is 5.91 Å². The molecule has 2 heterocycles. The van der Waals surface area contributed by atoms with Gasteiger partial charge in [-0.2, -0.15) is 0 Å². The molecule has 1 N–H and O–H groups in total. The van der Waals surface area contributed by atoms with E-state index in [9.17, 15) is 4.79 Å². The largest absolute Gasteiger partial charge is 0.494 e. The summed E-state index contributed by atoms with van der Waals surface area (Å²) >= 11 is 0. The van der Waals surface area contributed by atoms with Gasteiger partial charge >= 0.3 is 0 Å². The average molecular weight is 422 g/mol. The second kappa shape index (κ2) is 9.96. The molecular formula is C25H31N3O3.